The number of rotatable bonds is 3. The quantitative estimate of drug-likeness (QED) is 0.761. The number of hydrogen-bond donors (Lipinski definition) is 3. The van der Waals surface area contributed by atoms with Crippen molar-refractivity contribution in [2.75, 3.05) is 0 Å². The lowest BCUT2D eigenvalue weighted by atomic mass is 10.2. The lowest BCUT2D eigenvalue weighted by molar-refractivity contribution is 0.0946. The molecule has 6 nitrogen and oxygen atoms in total. The Bertz CT molecular complexity index is 557. The summed E-state index contributed by atoms with van der Waals surface area (Å²) >= 11 is 0. The molecule has 3 N–H and O–H groups in total. The normalized spacial score (nSPS) is 10.3. The van der Waals surface area contributed by atoms with E-state index >= 15 is 0 Å². The minimum atomic E-state index is -0.421. The first kappa shape index (κ1) is 12.0. The Morgan fingerprint density at radius 3 is 2.50 bits per heavy atom. The van der Waals surface area contributed by atoms with Gasteiger partial charge in [-0.2, -0.15) is 0 Å². The number of aromatic nitrogens is 1. The average Bonchev–Trinajstić information content (AvgIpc) is 2.70. The largest absolute Gasteiger partial charge is 0.508 e. The van der Waals surface area contributed by atoms with E-state index in [1.54, 1.807) is 13.0 Å². The standard InChI is InChI=1S/C12H12N2O4/c1-7-2-11(18-14-7)6-13-12(17)8-3-9(15)5-10(16)4-8/h2-5,15-16H,6H2,1H3,(H,13,17). The van der Waals surface area contributed by atoms with Gasteiger partial charge in [0, 0.05) is 17.7 Å². The molecule has 0 bridgehead atoms. The van der Waals surface area contributed by atoms with Crippen LogP contribution in [0.5, 0.6) is 11.5 Å². The van der Waals surface area contributed by atoms with Gasteiger partial charge in [-0.1, -0.05) is 5.16 Å². The van der Waals surface area contributed by atoms with E-state index in [4.69, 9.17) is 4.52 Å². The zero-order chi connectivity index (χ0) is 13.1. The summed E-state index contributed by atoms with van der Waals surface area (Å²) in [6, 6.07) is 5.39. The molecular formula is C12H12N2O4. The molecule has 0 fully saturated rings. The second-order valence-corrected chi connectivity index (χ2v) is 3.86. The van der Waals surface area contributed by atoms with E-state index in [1.165, 1.54) is 12.1 Å². The van der Waals surface area contributed by atoms with Crippen LogP contribution >= 0.6 is 0 Å². The molecule has 0 aliphatic heterocycles. The van der Waals surface area contributed by atoms with Crippen molar-refractivity contribution in [1.82, 2.24) is 10.5 Å². The first-order valence-electron chi connectivity index (χ1n) is 5.28. The summed E-state index contributed by atoms with van der Waals surface area (Å²) in [6.07, 6.45) is 0. The molecular weight excluding hydrogens is 236 g/mol. The Balaban J connectivity index is 2.03. The number of aromatic hydroxyl groups is 2. The van der Waals surface area contributed by atoms with E-state index in [0.717, 1.165) is 11.8 Å². The number of phenolic OH excluding ortho intramolecular Hbond substituents is 2. The third-order valence-electron chi connectivity index (χ3n) is 2.26. The number of phenols is 2. The first-order chi connectivity index (χ1) is 8.54. The number of hydrogen-bond acceptors (Lipinski definition) is 5. The lowest BCUT2D eigenvalue weighted by Gasteiger charge is -2.04. The predicted molar refractivity (Wildman–Crippen MR) is 62.2 cm³/mol. The van der Waals surface area contributed by atoms with Crippen LogP contribution in [-0.2, 0) is 6.54 Å². The smallest absolute Gasteiger partial charge is 0.251 e. The summed E-state index contributed by atoms with van der Waals surface area (Å²) in [5.41, 5.74) is 0.901. The zero-order valence-electron chi connectivity index (χ0n) is 9.67. The summed E-state index contributed by atoms with van der Waals surface area (Å²) in [5.74, 6) is -0.230. The third kappa shape index (κ3) is 2.79. The van der Waals surface area contributed by atoms with E-state index in [0.29, 0.717) is 5.76 Å². The SMILES string of the molecule is Cc1cc(CNC(=O)c2cc(O)cc(O)c2)on1. The number of aryl methyl sites for hydroxylation is 1. The van der Waals surface area contributed by atoms with Crippen LogP contribution in [0.15, 0.2) is 28.8 Å². The predicted octanol–water partition coefficient (Wildman–Crippen LogP) is 1.32. The van der Waals surface area contributed by atoms with Crippen molar-refractivity contribution in [2.24, 2.45) is 0 Å². The molecule has 94 valence electrons. The fourth-order valence-corrected chi connectivity index (χ4v) is 1.50. The first-order valence-corrected chi connectivity index (χ1v) is 5.28. The summed E-state index contributed by atoms with van der Waals surface area (Å²) < 4.78 is 4.93. The Kier molecular flexibility index (Phi) is 3.18. The number of benzene rings is 1. The molecule has 1 heterocycles. The maximum atomic E-state index is 11.7. The van der Waals surface area contributed by atoms with E-state index in [2.05, 4.69) is 10.5 Å². The molecule has 0 aliphatic rings. The Hall–Kier alpha value is -2.50. The van der Waals surface area contributed by atoms with Gasteiger partial charge in [-0.15, -0.1) is 0 Å². The van der Waals surface area contributed by atoms with Crippen molar-refractivity contribution < 1.29 is 19.5 Å². The molecule has 1 amide bonds. The molecule has 1 aromatic heterocycles. The summed E-state index contributed by atoms with van der Waals surface area (Å²) in [7, 11) is 0. The number of nitrogens with zero attached hydrogens (tertiary/aromatic N) is 1. The molecule has 6 heteroatoms. The molecule has 0 saturated heterocycles. The van der Waals surface area contributed by atoms with Gasteiger partial charge in [-0.25, -0.2) is 0 Å². The third-order valence-corrected chi connectivity index (χ3v) is 2.26. The van der Waals surface area contributed by atoms with Crippen LogP contribution in [0.1, 0.15) is 21.8 Å². The molecule has 0 aliphatic carbocycles. The average molecular weight is 248 g/mol. The second kappa shape index (κ2) is 4.79. The maximum absolute atomic E-state index is 11.7. The van der Waals surface area contributed by atoms with Crippen LogP contribution in [-0.4, -0.2) is 21.3 Å². The molecule has 0 radical (unpaired) electrons. The van der Waals surface area contributed by atoms with Gasteiger partial charge in [-0.3, -0.25) is 4.79 Å². The monoisotopic (exact) mass is 248 g/mol. The van der Waals surface area contributed by atoms with Gasteiger partial charge in [0.1, 0.15) is 11.5 Å². The fraction of sp³-hybridized carbons (Fsp3) is 0.167. The number of carbonyl (C=O) groups excluding carboxylic acids is 1. The Labute approximate surface area is 103 Å². The highest BCUT2D eigenvalue weighted by Crippen LogP contribution is 2.20. The van der Waals surface area contributed by atoms with Gasteiger partial charge in [0.05, 0.1) is 12.2 Å². The van der Waals surface area contributed by atoms with Gasteiger partial charge < -0.3 is 20.1 Å². The molecule has 1 aromatic carbocycles. The van der Waals surface area contributed by atoms with Crippen molar-refractivity contribution in [2.45, 2.75) is 13.5 Å². The lowest BCUT2D eigenvalue weighted by Crippen LogP contribution is -2.22. The molecule has 2 aromatic rings. The molecule has 18 heavy (non-hydrogen) atoms. The van der Waals surface area contributed by atoms with Gasteiger partial charge >= 0.3 is 0 Å². The van der Waals surface area contributed by atoms with Crippen molar-refractivity contribution in [3.05, 3.63) is 41.3 Å². The topological polar surface area (TPSA) is 95.6 Å². The molecule has 0 saturated carbocycles. The van der Waals surface area contributed by atoms with Gasteiger partial charge in [0.25, 0.3) is 5.91 Å². The van der Waals surface area contributed by atoms with Crippen molar-refractivity contribution in [3.63, 3.8) is 0 Å². The van der Waals surface area contributed by atoms with Crippen LogP contribution in [0, 0.1) is 6.92 Å². The van der Waals surface area contributed by atoms with Crippen LogP contribution < -0.4 is 5.32 Å². The number of nitrogens with one attached hydrogen (secondary N) is 1. The highest BCUT2D eigenvalue weighted by molar-refractivity contribution is 5.94. The van der Waals surface area contributed by atoms with Gasteiger partial charge in [0.15, 0.2) is 5.76 Å². The van der Waals surface area contributed by atoms with Crippen LogP contribution in [0.25, 0.3) is 0 Å². The highest BCUT2D eigenvalue weighted by Gasteiger charge is 2.09. The molecule has 0 atom stereocenters. The van der Waals surface area contributed by atoms with E-state index < -0.39 is 5.91 Å². The second-order valence-electron chi connectivity index (χ2n) is 3.86. The van der Waals surface area contributed by atoms with E-state index in [-0.39, 0.29) is 23.6 Å². The summed E-state index contributed by atoms with van der Waals surface area (Å²) in [4.78, 5) is 11.7. The van der Waals surface area contributed by atoms with Crippen molar-refractivity contribution in [3.8, 4) is 11.5 Å². The molecule has 0 spiro atoms. The number of amides is 1. The van der Waals surface area contributed by atoms with Gasteiger partial charge in [-0.05, 0) is 19.1 Å². The minimum absolute atomic E-state index is 0.170. The van der Waals surface area contributed by atoms with Crippen molar-refractivity contribution >= 4 is 5.91 Å². The number of carbonyl (C=O) groups is 1. The summed E-state index contributed by atoms with van der Waals surface area (Å²) in [6.45, 7) is 1.97. The summed E-state index contributed by atoms with van der Waals surface area (Å²) in [5, 5.41) is 24.8. The van der Waals surface area contributed by atoms with Gasteiger partial charge in [0.2, 0.25) is 0 Å². The molecule has 2 rings (SSSR count). The minimum Gasteiger partial charge on any atom is -0.508 e. The highest BCUT2D eigenvalue weighted by atomic mass is 16.5. The fourth-order valence-electron chi connectivity index (χ4n) is 1.50. The van der Waals surface area contributed by atoms with E-state index in [9.17, 15) is 15.0 Å². The van der Waals surface area contributed by atoms with Crippen LogP contribution in [0.3, 0.4) is 0 Å². The maximum Gasteiger partial charge on any atom is 0.251 e. The van der Waals surface area contributed by atoms with Crippen molar-refractivity contribution in [1.29, 1.82) is 0 Å². The Morgan fingerprint density at radius 1 is 1.28 bits per heavy atom. The molecule has 0 unspecified atom stereocenters. The van der Waals surface area contributed by atoms with E-state index in [1.807, 2.05) is 0 Å². The van der Waals surface area contributed by atoms with Crippen LogP contribution in [0.4, 0.5) is 0 Å². The zero-order valence-corrected chi connectivity index (χ0v) is 9.67. The Morgan fingerprint density at radius 2 is 1.94 bits per heavy atom. The van der Waals surface area contributed by atoms with Crippen LogP contribution in [0.2, 0.25) is 0 Å².